The second-order valence-corrected chi connectivity index (χ2v) is 6.09. The summed E-state index contributed by atoms with van der Waals surface area (Å²) in [6, 6.07) is 8.67. The molecule has 1 fully saturated rings. The largest absolute Gasteiger partial charge is 0.417 e. The molecule has 1 unspecified atom stereocenters. The molecule has 0 amide bonds. The van der Waals surface area contributed by atoms with E-state index >= 15 is 0 Å². The smallest absolute Gasteiger partial charge is 0.267 e. The molecule has 0 radical (unpaired) electrons. The fourth-order valence-electron chi connectivity index (χ4n) is 3.18. The molecule has 0 spiro atoms. The number of hydrogen-bond acceptors (Lipinski definition) is 6. The van der Waals surface area contributed by atoms with Gasteiger partial charge in [0, 0.05) is 18.9 Å². The average molecular weight is 321 g/mol. The highest BCUT2D eigenvalue weighted by atomic mass is 16.4. The average Bonchev–Trinajstić information content (AvgIpc) is 3.27. The monoisotopic (exact) mass is 321 g/mol. The van der Waals surface area contributed by atoms with Crippen molar-refractivity contribution < 1.29 is 4.42 Å². The van der Waals surface area contributed by atoms with Crippen LogP contribution < -0.4 is 0 Å². The van der Waals surface area contributed by atoms with E-state index in [-0.39, 0.29) is 6.04 Å². The van der Waals surface area contributed by atoms with Gasteiger partial charge in [0.15, 0.2) is 0 Å². The summed E-state index contributed by atoms with van der Waals surface area (Å²) in [6.45, 7) is 4.10. The minimum atomic E-state index is 0.169. The highest BCUT2D eigenvalue weighted by molar-refractivity contribution is 5.43. The van der Waals surface area contributed by atoms with Crippen molar-refractivity contribution in [3.05, 3.63) is 59.9 Å². The Morgan fingerprint density at radius 3 is 2.96 bits per heavy atom. The van der Waals surface area contributed by atoms with E-state index in [9.17, 15) is 0 Å². The van der Waals surface area contributed by atoms with E-state index in [1.54, 1.807) is 18.6 Å². The summed E-state index contributed by atoms with van der Waals surface area (Å²) in [7, 11) is 0. The van der Waals surface area contributed by atoms with Crippen LogP contribution in [0.3, 0.4) is 0 Å². The Kier molecular flexibility index (Phi) is 4.04. The molecule has 1 aliphatic rings. The highest BCUT2D eigenvalue weighted by Crippen LogP contribution is 2.33. The molecule has 0 aliphatic carbocycles. The van der Waals surface area contributed by atoms with Crippen LogP contribution in [0.15, 0.2) is 47.3 Å². The lowest BCUT2D eigenvalue weighted by Gasteiger charge is -2.22. The lowest BCUT2D eigenvalue weighted by atomic mass is 10.1. The van der Waals surface area contributed by atoms with Crippen molar-refractivity contribution in [1.29, 1.82) is 0 Å². The van der Waals surface area contributed by atoms with Crippen molar-refractivity contribution in [2.24, 2.45) is 0 Å². The molecule has 1 saturated heterocycles. The fourth-order valence-corrected chi connectivity index (χ4v) is 3.18. The summed E-state index contributed by atoms with van der Waals surface area (Å²) in [5, 5.41) is 8.41. The van der Waals surface area contributed by atoms with Crippen LogP contribution in [0.1, 0.15) is 35.9 Å². The van der Waals surface area contributed by atoms with E-state index < -0.39 is 0 Å². The molecule has 6 nitrogen and oxygen atoms in total. The Hall–Kier alpha value is -2.60. The zero-order valence-electron chi connectivity index (χ0n) is 13.6. The van der Waals surface area contributed by atoms with Gasteiger partial charge >= 0.3 is 0 Å². The van der Waals surface area contributed by atoms with Crippen molar-refractivity contribution in [3.63, 3.8) is 0 Å². The highest BCUT2D eigenvalue weighted by Gasteiger charge is 2.31. The van der Waals surface area contributed by atoms with Crippen molar-refractivity contribution in [2.45, 2.75) is 32.4 Å². The zero-order valence-corrected chi connectivity index (χ0v) is 13.6. The van der Waals surface area contributed by atoms with Crippen LogP contribution in [-0.2, 0) is 6.54 Å². The van der Waals surface area contributed by atoms with Gasteiger partial charge in [0.2, 0.25) is 5.89 Å². The molecule has 2 aromatic heterocycles. The molecule has 1 aliphatic heterocycles. The van der Waals surface area contributed by atoms with Crippen molar-refractivity contribution in [3.8, 4) is 11.6 Å². The van der Waals surface area contributed by atoms with E-state index in [1.807, 2.05) is 0 Å². The number of benzene rings is 1. The van der Waals surface area contributed by atoms with Gasteiger partial charge in [-0.15, -0.1) is 10.2 Å². The van der Waals surface area contributed by atoms with E-state index in [4.69, 9.17) is 4.42 Å². The number of nitrogens with zero attached hydrogens (tertiary/aromatic N) is 5. The molecule has 3 heterocycles. The van der Waals surface area contributed by atoms with E-state index in [0.29, 0.717) is 17.5 Å². The molecule has 122 valence electrons. The molecule has 1 aromatic carbocycles. The number of rotatable bonds is 4. The molecular formula is C18H19N5O. The lowest BCUT2D eigenvalue weighted by Crippen LogP contribution is -2.23. The number of likely N-dealkylation sites (tertiary alicyclic amines) is 1. The van der Waals surface area contributed by atoms with Gasteiger partial charge < -0.3 is 4.42 Å². The lowest BCUT2D eigenvalue weighted by molar-refractivity contribution is 0.215. The predicted molar refractivity (Wildman–Crippen MR) is 88.9 cm³/mol. The first-order valence-corrected chi connectivity index (χ1v) is 8.19. The van der Waals surface area contributed by atoms with Crippen molar-refractivity contribution in [2.75, 3.05) is 6.54 Å². The van der Waals surface area contributed by atoms with Gasteiger partial charge in [-0.2, -0.15) is 0 Å². The van der Waals surface area contributed by atoms with Gasteiger partial charge in [0.05, 0.1) is 12.2 Å². The minimum Gasteiger partial charge on any atom is -0.417 e. The molecule has 24 heavy (non-hydrogen) atoms. The van der Waals surface area contributed by atoms with Crippen LogP contribution in [-0.4, -0.2) is 31.6 Å². The Morgan fingerprint density at radius 1 is 1.21 bits per heavy atom. The van der Waals surface area contributed by atoms with Crippen molar-refractivity contribution >= 4 is 0 Å². The quantitative estimate of drug-likeness (QED) is 0.735. The summed E-state index contributed by atoms with van der Waals surface area (Å²) in [5.74, 6) is 1.10. The van der Waals surface area contributed by atoms with Gasteiger partial charge in [0.1, 0.15) is 5.69 Å². The number of aryl methyl sites for hydroxylation is 1. The Balaban J connectivity index is 1.55. The standard InChI is InChI=1S/C18H19N5O/c1-13-5-2-3-6-14(13)12-23-10-4-7-16(23)18-22-21-17(24-18)15-11-19-8-9-20-15/h2-3,5-6,8-9,11,16H,4,7,10,12H2,1H3. The van der Waals surface area contributed by atoms with Gasteiger partial charge in [-0.3, -0.25) is 9.88 Å². The molecule has 0 saturated carbocycles. The first-order chi connectivity index (χ1) is 11.8. The zero-order chi connectivity index (χ0) is 16.4. The van der Waals surface area contributed by atoms with Crippen LogP contribution in [0.2, 0.25) is 0 Å². The van der Waals surface area contributed by atoms with Crippen molar-refractivity contribution in [1.82, 2.24) is 25.1 Å². The van der Waals surface area contributed by atoms with Gasteiger partial charge in [0.25, 0.3) is 5.89 Å². The van der Waals surface area contributed by atoms with Gasteiger partial charge in [-0.25, -0.2) is 4.98 Å². The summed E-state index contributed by atoms with van der Waals surface area (Å²) in [6.07, 6.45) is 7.06. The van der Waals surface area contributed by atoms with E-state index in [0.717, 1.165) is 25.9 Å². The second-order valence-electron chi connectivity index (χ2n) is 6.09. The van der Waals surface area contributed by atoms with Gasteiger partial charge in [-0.05, 0) is 37.4 Å². The van der Waals surface area contributed by atoms with E-state index in [2.05, 4.69) is 56.3 Å². The first-order valence-electron chi connectivity index (χ1n) is 8.19. The topological polar surface area (TPSA) is 67.9 Å². The fraction of sp³-hybridized carbons (Fsp3) is 0.333. The Labute approximate surface area is 140 Å². The minimum absolute atomic E-state index is 0.169. The molecule has 6 heteroatoms. The molecule has 4 rings (SSSR count). The Bertz CT molecular complexity index is 817. The van der Waals surface area contributed by atoms with Gasteiger partial charge in [-0.1, -0.05) is 24.3 Å². The van der Waals surface area contributed by atoms with Crippen LogP contribution >= 0.6 is 0 Å². The maximum atomic E-state index is 5.89. The van der Waals surface area contributed by atoms with Crippen LogP contribution in [0.25, 0.3) is 11.6 Å². The third-order valence-electron chi connectivity index (χ3n) is 4.51. The van der Waals surface area contributed by atoms with E-state index in [1.165, 1.54) is 11.1 Å². The maximum Gasteiger partial charge on any atom is 0.267 e. The SMILES string of the molecule is Cc1ccccc1CN1CCCC1c1nnc(-c2cnccn2)o1. The summed E-state index contributed by atoms with van der Waals surface area (Å²) in [4.78, 5) is 10.7. The van der Waals surface area contributed by atoms with Crippen LogP contribution in [0, 0.1) is 6.92 Å². The molecule has 0 N–H and O–H groups in total. The normalized spacial score (nSPS) is 18.1. The molecule has 3 aromatic rings. The summed E-state index contributed by atoms with van der Waals surface area (Å²) >= 11 is 0. The maximum absolute atomic E-state index is 5.89. The molecule has 1 atom stereocenters. The second kappa shape index (κ2) is 6.49. The predicted octanol–water partition coefficient (Wildman–Crippen LogP) is 3.17. The Morgan fingerprint density at radius 2 is 2.12 bits per heavy atom. The third kappa shape index (κ3) is 2.92. The molecular weight excluding hydrogens is 302 g/mol. The summed E-state index contributed by atoms with van der Waals surface area (Å²) in [5.41, 5.74) is 3.27. The summed E-state index contributed by atoms with van der Waals surface area (Å²) < 4.78 is 5.89. The third-order valence-corrected chi connectivity index (χ3v) is 4.51. The van der Waals surface area contributed by atoms with Crippen LogP contribution in [0.4, 0.5) is 0 Å². The molecule has 0 bridgehead atoms. The van der Waals surface area contributed by atoms with Crippen LogP contribution in [0.5, 0.6) is 0 Å². The number of aromatic nitrogens is 4. The number of hydrogen-bond donors (Lipinski definition) is 0. The first kappa shape index (κ1) is 15.0.